The van der Waals surface area contributed by atoms with Gasteiger partial charge in [-0.1, -0.05) is 37.1 Å². The van der Waals surface area contributed by atoms with Crippen molar-refractivity contribution in [3.8, 4) is 0 Å². The summed E-state index contributed by atoms with van der Waals surface area (Å²) >= 11 is 0. The second kappa shape index (κ2) is 4.04. The summed E-state index contributed by atoms with van der Waals surface area (Å²) < 4.78 is 0. The van der Waals surface area contributed by atoms with Crippen molar-refractivity contribution in [2.45, 2.75) is 38.5 Å². The Balaban J connectivity index is 1.72. The highest BCUT2D eigenvalue weighted by molar-refractivity contribution is 6.00. The first-order valence-corrected chi connectivity index (χ1v) is 6.46. The van der Waals surface area contributed by atoms with Crippen LogP contribution in [0.4, 0.5) is 0 Å². The van der Waals surface area contributed by atoms with Gasteiger partial charge in [0.15, 0.2) is 5.78 Å². The second-order valence-corrected chi connectivity index (χ2v) is 5.28. The van der Waals surface area contributed by atoms with Gasteiger partial charge < -0.3 is 0 Å². The highest BCUT2D eigenvalue weighted by Crippen LogP contribution is 2.37. The van der Waals surface area contributed by atoms with E-state index in [9.17, 15) is 4.79 Å². The number of ketones is 1. The minimum absolute atomic E-state index is 0.315. The molecule has 84 valence electrons. The van der Waals surface area contributed by atoms with Gasteiger partial charge in [-0.05, 0) is 37.2 Å². The molecule has 1 fully saturated rings. The average molecular weight is 214 g/mol. The Morgan fingerprint density at radius 3 is 2.69 bits per heavy atom. The number of hydrogen-bond acceptors (Lipinski definition) is 1. The SMILES string of the molecule is O=C1c2ccccc2CCC1CCC1CC1. The van der Waals surface area contributed by atoms with Crippen LogP contribution in [0.25, 0.3) is 0 Å². The fraction of sp³-hybridized carbons (Fsp3) is 0.533. The Bertz CT molecular complexity index is 404. The van der Waals surface area contributed by atoms with Gasteiger partial charge in [-0.3, -0.25) is 4.79 Å². The summed E-state index contributed by atoms with van der Waals surface area (Å²) in [5, 5.41) is 0. The molecule has 1 aromatic carbocycles. The zero-order chi connectivity index (χ0) is 11.0. The third-order valence-corrected chi connectivity index (χ3v) is 4.04. The third-order valence-electron chi connectivity index (χ3n) is 4.04. The topological polar surface area (TPSA) is 17.1 Å². The highest BCUT2D eigenvalue weighted by atomic mass is 16.1. The van der Waals surface area contributed by atoms with Crippen molar-refractivity contribution in [1.29, 1.82) is 0 Å². The van der Waals surface area contributed by atoms with Crippen LogP contribution in [0.15, 0.2) is 24.3 Å². The van der Waals surface area contributed by atoms with E-state index in [4.69, 9.17) is 0 Å². The van der Waals surface area contributed by atoms with Crippen molar-refractivity contribution in [3.63, 3.8) is 0 Å². The highest BCUT2D eigenvalue weighted by Gasteiger charge is 2.29. The molecule has 1 nitrogen and oxygen atoms in total. The van der Waals surface area contributed by atoms with E-state index in [0.717, 1.165) is 30.7 Å². The number of benzene rings is 1. The van der Waals surface area contributed by atoms with Gasteiger partial charge in [-0.2, -0.15) is 0 Å². The zero-order valence-corrected chi connectivity index (χ0v) is 9.61. The summed E-state index contributed by atoms with van der Waals surface area (Å²) in [6.45, 7) is 0. The average Bonchev–Trinajstić information content (AvgIpc) is 3.13. The molecular formula is C15H18O. The normalized spacial score (nSPS) is 24.2. The molecule has 0 N–H and O–H groups in total. The summed E-state index contributed by atoms with van der Waals surface area (Å²) in [4.78, 5) is 12.2. The Hall–Kier alpha value is -1.11. The molecule has 1 aromatic rings. The van der Waals surface area contributed by atoms with Gasteiger partial charge in [0.1, 0.15) is 0 Å². The molecule has 16 heavy (non-hydrogen) atoms. The van der Waals surface area contributed by atoms with Crippen LogP contribution in [0, 0.1) is 11.8 Å². The molecule has 0 heterocycles. The summed E-state index contributed by atoms with van der Waals surface area (Å²) in [6.07, 6.45) is 7.37. The van der Waals surface area contributed by atoms with Gasteiger partial charge in [-0.15, -0.1) is 0 Å². The second-order valence-electron chi connectivity index (χ2n) is 5.28. The van der Waals surface area contributed by atoms with Crippen LogP contribution in [0.1, 0.15) is 48.0 Å². The first-order chi connectivity index (χ1) is 7.84. The fourth-order valence-electron chi connectivity index (χ4n) is 2.78. The van der Waals surface area contributed by atoms with Gasteiger partial charge in [0.05, 0.1) is 0 Å². The minimum Gasteiger partial charge on any atom is -0.294 e. The molecule has 1 heteroatoms. The van der Waals surface area contributed by atoms with Crippen molar-refractivity contribution in [3.05, 3.63) is 35.4 Å². The van der Waals surface area contributed by atoms with Crippen molar-refractivity contribution >= 4 is 5.78 Å². The monoisotopic (exact) mass is 214 g/mol. The van der Waals surface area contributed by atoms with Crippen molar-refractivity contribution < 1.29 is 4.79 Å². The largest absolute Gasteiger partial charge is 0.294 e. The lowest BCUT2D eigenvalue weighted by Gasteiger charge is -2.23. The van der Waals surface area contributed by atoms with E-state index in [1.807, 2.05) is 18.2 Å². The predicted molar refractivity (Wildman–Crippen MR) is 64.5 cm³/mol. The van der Waals surface area contributed by atoms with E-state index < -0.39 is 0 Å². The van der Waals surface area contributed by atoms with Crippen molar-refractivity contribution in [1.82, 2.24) is 0 Å². The molecule has 1 unspecified atom stereocenters. The van der Waals surface area contributed by atoms with Crippen LogP contribution in [0.3, 0.4) is 0 Å². The molecule has 0 saturated heterocycles. The maximum atomic E-state index is 12.2. The molecule has 0 spiro atoms. The number of carbonyl (C=O) groups is 1. The number of fused-ring (bicyclic) bond motifs is 1. The first-order valence-electron chi connectivity index (χ1n) is 6.46. The van der Waals surface area contributed by atoms with Crippen LogP contribution in [-0.4, -0.2) is 5.78 Å². The molecule has 2 aliphatic rings. The Kier molecular flexibility index (Phi) is 2.55. The van der Waals surface area contributed by atoms with Crippen LogP contribution in [0.2, 0.25) is 0 Å². The molecule has 0 amide bonds. The lowest BCUT2D eigenvalue weighted by Crippen LogP contribution is -2.22. The zero-order valence-electron chi connectivity index (χ0n) is 9.61. The van der Waals surface area contributed by atoms with Crippen LogP contribution in [0.5, 0.6) is 0 Å². The number of rotatable bonds is 3. The summed E-state index contributed by atoms with van der Waals surface area (Å²) in [5.74, 6) is 1.67. The Labute approximate surface area is 96.9 Å². The van der Waals surface area contributed by atoms with Gasteiger partial charge >= 0.3 is 0 Å². The smallest absolute Gasteiger partial charge is 0.166 e. The molecule has 2 aliphatic carbocycles. The molecule has 0 radical (unpaired) electrons. The first kappa shape index (κ1) is 10.1. The maximum Gasteiger partial charge on any atom is 0.166 e. The predicted octanol–water partition coefficient (Wildman–Crippen LogP) is 3.62. The van der Waals surface area contributed by atoms with Gasteiger partial charge in [0.2, 0.25) is 0 Å². The Morgan fingerprint density at radius 1 is 1.06 bits per heavy atom. The summed E-state index contributed by atoms with van der Waals surface area (Å²) in [5.41, 5.74) is 2.25. The molecule has 3 rings (SSSR count). The van der Waals surface area contributed by atoms with E-state index in [-0.39, 0.29) is 0 Å². The molecule has 1 atom stereocenters. The lowest BCUT2D eigenvalue weighted by molar-refractivity contribution is 0.0892. The van der Waals surface area contributed by atoms with Crippen LogP contribution in [-0.2, 0) is 6.42 Å². The number of Topliss-reactive ketones (excluding diaryl/α,β-unsaturated/α-hetero) is 1. The van der Waals surface area contributed by atoms with Crippen LogP contribution < -0.4 is 0 Å². The van der Waals surface area contributed by atoms with E-state index in [0.29, 0.717) is 11.7 Å². The lowest BCUT2D eigenvalue weighted by atomic mass is 9.80. The number of carbonyl (C=O) groups excluding carboxylic acids is 1. The molecule has 0 bridgehead atoms. The molecular weight excluding hydrogens is 196 g/mol. The molecule has 0 aromatic heterocycles. The van der Waals surface area contributed by atoms with Crippen LogP contribution >= 0.6 is 0 Å². The van der Waals surface area contributed by atoms with Gasteiger partial charge in [0.25, 0.3) is 0 Å². The Morgan fingerprint density at radius 2 is 1.88 bits per heavy atom. The molecule has 0 aliphatic heterocycles. The van der Waals surface area contributed by atoms with Crippen molar-refractivity contribution in [2.24, 2.45) is 11.8 Å². The third kappa shape index (κ3) is 1.91. The van der Waals surface area contributed by atoms with E-state index >= 15 is 0 Å². The number of aryl methyl sites for hydroxylation is 1. The standard InChI is InChI=1S/C15H18O/c16-15-13(8-7-11-5-6-11)10-9-12-3-1-2-4-14(12)15/h1-4,11,13H,5-10H2. The molecule has 1 saturated carbocycles. The van der Waals surface area contributed by atoms with Gasteiger partial charge in [-0.25, -0.2) is 0 Å². The minimum atomic E-state index is 0.315. The van der Waals surface area contributed by atoms with Gasteiger partial charge in [0, 0.05) is 11.5 Å². The maximum absolute atomic E-state index is 12.2. The van der Waals surface area contributed by atoms with Crippen molar-refractivity contribution in [2.75, 3.05) is 0 Å². The van der Waals surface area contributed by atoms with E-state index in [1.165, 1.54) is 24.8 Å². The van der Waals surface area contributed by atoms with E-state index in [1.54, 1.807) is 0 Å². The van der Waals surface area contributed by atoms with E-state index in [2.05, 4.69) is 6.07 Å². The summed E-state index contributed by atoms with van der Waals surface area (Å²) in [6, 6.07) is 8.13. The fourth-order valence-corrected chi connectivity index (χ4v) is 2.78. The quantitative estimate of drug-likeness (QED) is 0.751. The summed E-state index contributed by atoms with van der Waals surface area (Å²) in [7, 11) is 0. The number of hydrogen-bond donors (Lipinski definition) is 0.